The minimum absolute atomic E-state index is 0.0464. The summed E-state index contributed by atoms with van der Waals surface area (Å²) >= 11 is 0. The minimum Gasteiger partial charge on any atom is -0.367 e. The van der Waals surface area contributed by atoms with E-state index >= 15 is 0 Å². The van der Waals surface area contributed by atoms with E-state index in [-0.39, 0.29) is 13.0 Å². The average Bonchev–Trinajstić information content (AvgIpc) is 3.20. The van der Waals surface area contributed by atoms with E-state index in [1.807, 2.05) is 30.3 Å². The second-order valence-electron chi connectivity index (χ2n) is 5.84. The van der Waals surface area contributed by atoms with Gasteiger partial charge in [-0.15, -0.1) is 10.2 Å². The molecule has 7 nitrogen and oxygen atoms in total. The molecule has 1 aromatic carbocycles. The van der Waals surface area contributed by atoms with Crippen molar-refractivity contribution in [2.45, 2.75) is 12.1 Å². The fraction of sp³-hybridized carbons (Fsp3) is 0.250. The number of halogens is 1. The molecule has 3 aromatic rings. The smallest absolute Gasteiger partial charge is 0.257 e. The summed E-state index contributed by atoms with van der Waals surface area (Å²) in [6.45, 7) is 0.224. The third kappa shape index (κ3) is 2.18. The summed E-state index contributed by atoms with van der Waals surface area (Å²) in [5.41, 5.74) is 4.58. The highest BCUT2D eigenvalue weighted by Crippen LogP contribution is 2.31. The van der Waals surface area contributed by atoms with Gasteiger partial charge < -0.3 is 10.6 Å². The standard InChI is InChI=1S/C16H15FN6O/c17-16(15(18)24)6-8-22(10-16)13-14-21-20-12(23(14)9-7-19-13)11-4-2-1-3-5-11/h1-5,7,9H,6,8,10H2,(H2,18,24). The summed E-state index contributed by atoms with van der Waals surface area (Å²) in [6.07, 6.45) is 3.42. The van der Waals surface area contributed by atoms with Crippen molar-refractivity contribution in [3.63, 3.8) is 0 Å². The summed E-state index contributed by atoms with van der Waals surface area (Å²) in [7, 11) is 0. The van der Waals surface area contributed by atoms with Crippen LogP contribution in [0, 0.1) is 0 Å². The summed E-state index contributed by atoms with van der Waals surface area (Å²) in [5, 5.41) is 8.43. The second kappa shape index (κ2) is 5.26. The van der Waals surface area contributed by atoms with Crippen LogP contribution in [0.3, 0.4) is 0 Å². The number of primary amides is 1. The van der Waals surface area contributed by atoms with Crippen LogP contribution in [0.1, 0.15) is 6.42 Å². The summed E-state index contributed by atoms with van der Waals surface area (Å²) < 4.78 is 16.3. The maximum atomic E-state index is 14.5. The molecule has 2 N–H and O–H groups in total. The van der Waals surface area contributed by atoms with Gasteiger partial charge in [0.15, 0.2) is 11.6 Å². The number of nitrogens with zero attached hydrogens (tertiary/aromatic N) is 5. The number of carbonyl (C=O) groups is 1. The highest BCUT2D eigenvalue weighted by atomic mass is 19.1. The molecule has 0 saturated carbocycles. The van der Waals surface area contributed by atoms with Crippen LogP contribution >= 0.6 is 0 Å². The number of benzene rings is 1. The van der Waals surface area contributed by atoms with Gasteiger partial charge in [-0.3, -0.25) is 9.20 Å². The summed E-state index contributed by atoms with van der Waals surface area (Å²) in [4.78, 5) is 17.3. The van der Waals surface area contributed by atoms with E-state index in [1.54, 1.807) is 21.7 Å². The lowest BCUT2D eigenvalue weighted by molar-refractivity contribution is -0.128. The first-order valence-corrected chi connectivity index (χ1v) is 7.57. The molecule has 1 fully saturated rings. The van der Waals surface area contributed by atoms with Gasteiger partial charge in [-0.1, -0.05) is 30.3 Å². The predicted octanol–water partition coefficient (Wildman–Crippen LogP) is 1.19. The lowest BCUT2D eigenvalue weighted by Crippen LogP contribution is -2.42. The Hall–Kier alpha value is -3.03. The molecule has 0 spiro atoms. The summed E-state index contributed by atoms with van der Waals surface area (Å²) in [5.74, 6) is 0.228. The zero-order valence-electron chi connectivity index (χ0n) is 12.8. The van der Waals surface area contributed by atoms with E-state index in [4.69, 9.17) is 5.73 Å². The number of aromatic nitrogens is 4. The third-order valence-corrected chi connectivity index (χ3v) is 4.30. The molecule has 0 radical (unpaired) electrons. The molecular formula is C16H15FN6O. The maximum Gasteiger partial charge on any atom is 0.257 e. The Bertz CT molecular complexity index is 911. The first-order valence-electron chi connectivity index (χ1n) is 7.57. The van der Waals surface area contributed by atoms with Gasteiger partial charge in [-0.05, 0) is 0 Å². The van der Waals surface area contributed by atoms with Gasteiger partial charge in [-0.2, -0.15) is 0 Å². The van der Waals surface area contributed by atoms with Crippen molar-refractivity contribution in [2.75, 3.05) is 18.0 Å². The van der Waals surface area contributed by atoms with Gasteiger partial charge in [0.05, 0.1) is 6.54 Å². The van der Waals surface area contributed by atoms with Crippen molar-refractivity contribution in [3.05, 3.63) is 42.7 Å². The summed E-state index contributed by atoms with van der Waals surface area (Å²) in [6, 6.07) is 9.64. The van der Waals surface area contributed by atoms with E-state index < -0.39 is 11.6 Å². The Balaban J connectivity index is 1.76. The van der Waals surface area contributed by atoms with Crippen LogP contribution in [0.2, 0.25) is 0 Å². The van der Waals surface area contributed by atoms with Gasteiger partial charge >= 0.3 is 0 Å². The third-order valence-electron chi connectivity index (χ3n) is 4.30. The normalized spacial score (nSPS) is 20.6. The van der Waals surface area contributed by atoms with Crippen molar-refractivity contribution in [2.24, 2.45) is 5.73 Å². The van der Waals surface area contributed by atoms with Crippen LogP contribution in [0.4, 0.5) is 10.2 Å². The zero-order valence-corrected chi connectivity index (χ0v) is 12.8. The number of rotatable bonds is 3. The number of fused-ring (bicyclic) bond motifs is 1. The van der Waals surface area contributed by atoms with Gasteiger partial charge in [0, 0.05) is 30.9 Å². The molecule has 1 aliphatic heterocycles. The van der Waals surface area contributed by atoms with E-state index in [9.17, 15) is 9.18 Å². The lowest BCUT2D eigenvalue weighted by Gasteiger charge is -2.19. The van der Waals surface area contributed by atoms with Crippen molar-refractivity contribution < 1.29 is 9.18 Å². The number of amides is 1. The molecule has 2 aromatic heterocycles. The van der Waals surface area contributed by atoms with Crippen LogP contribution in [0.15, 0.2) is 42.7 Å². The van der Waals surface area contributed by atoms with Gasteiger partial charge in [0.2, 0.25) is 11.3 Å². The molecule has 1 amide bonds. The van der Waals surface area contributed by atoms with Crippen LogP contribution in [-0.4, -0.2) is 44.2 Å². The topological polar surface area (TPSA) is 89.4 Å². The van der Waals surface area contributed by atoms with Crippen LogP contribution in [-0.2, 0) is 4.79 Å². The average molecular weight is 326 g/mol. The molecule has 8 heteroatoms. The quantitative estimate of drug-likeness (QED) is 0.781. The number of nitrogens with two attached hydrogens (primary N) is 1. The number of hydrogen-bond acceptors (Lipinski definition) is 5. The Kier molecular flexibility index (Phi) is 3.19. The Morgan fingerprint density at radius 3 is 2.75 bits per heavy atom. The highest BCUT2D eigenvalue weighted by Gasteiger charge is 2.44. The number of carbonyl (C=O) groups excluding carboxylic acids is 1. The fourth-order valence-corrected chi connectivity index (χ4v) is 2.98. The van der Waals surface area contributed by atoms with Crippen LogP contribution in [0.25, 0.3) is 17.0 Å². The minimum atomic E-state index is -2.03. The van der Waals surface area contributed by atoms with Gasteiger partial charge in [0.1, 0.15) is 0 Å². The van der Waals surface area contributed by atoms with E-state index in [0.717, 1.165) is 5.56 Å². The Labute approximate surface area is 136 Å². The molecule has 0 bridgehead atoms. The Morgan fingerprint density at radius 1 is 1.25 bits per heavy atom. The van der Waals surface area contributed by atoms with E-state index in [1.165, 1.54) is 0 Å². The molecule has 4 rings (SSSR count). The molecule has 1 aliphatic rings. The van der Waals surface area contributed by atoms with Crippen molar-refractivity contribution in [3.8, 4) is 11.4 Å². The molecule has 1 atom stereocenters. The van der Waals surface area contributed by atoms with E-state index in [2.05, 4.69) is 15.2 Å². The largest absolute Gasteiger partial charge is 0.367 e. The van der Waals surface area contributed by atoms with Crippen LogP contribution in [0.5, 0.6) is 0 Å². The number of anilines is 1. The van der Waals surface area contributed by atoms with Crippen molar-refractivity contribution in [1.29, 1.82) is 0 Å². The fourth-order valence-electron chi connectivity index (χ4n) is 2.98. The van der Waals surface area contributed by atoms with Gasteiger partial charge in [0.25, 0.3) is 5.91 Å². The van der Waals surface area contributed by atoms with Gasteiger partial charge in [-0.25, -0.2) is 9.37 Å². The number of alkyl halides is 1. The second-order valence-corrected chi connectivity index (χ2v) is 5.84. The molecular weight excluding hydrogens is 311 g/mol. The van der Waals surface area contributed by atoms with E-state index in [0.29, 0.717) is 23.8 Å². The molecule has 1 saturated heterocycles. The van der Waals surface area contributed by atoms with Crippen LogP contribution < -0.4 is 10.6 Å². The monoisotopic (exact) mass is 326 g/mol. The molecule has 24 heavy (non-hydrogen) atoms. The molecule has 1 unspecified atom stereocenters. The maximum absolute atomic E-state index is 14.5. The number of hydrogen-bond donors (Lipinski definition) is 1. The predicted molar refractivity (Wildman–Crippen MR) is 86.1 cm³/mol. The van der Waals surface area contributed by atoms with Crippen molar-refractivity contribution in [1.82, 2.24) is 19.6 Å². The molecule has 122 valence electrons. The SMILES string of the molecule is NC(=O)C1(F)CCN(c2nccn3c(-c4ccccc4)nnc23)C1. The highest BCUT2D eigenvalue weighted by molar-refractivity contribution is 5.85. The Morgan fingerprint density at radius 2 is 2.04 bits per heavy atom. The first-order chi connectivity index (χ1) is 11.6. The first kappa shape index (κ1) is 14.6. The lowest BCUT2D eigenvalue weighted by atomic mass is 10.1. The van der Waals surface area contributed by atoms with Crippen molar-refractivity contribution >= 4 is 17.4 Å². The zero-order chi connectivity index (χ0) is 16.7. The molecule has 0 aliphatic carbocycles. The molecule has 3 heterocycles.